The standard InChI is InChI=1S/C10H12N4O2/c1-6-8(3-4-11-6)10(15)12-5-9-7(2)13-16-14-9/h3-4,11H,5H2,1-2H3,(H,12,15). The van der Waals surface area contributed by atoms with Crippen LogP contribution in [0.2, 0.25) is 0 Å². The Morgan fingerprint density at radius 3 is 2.88 bits per heavy atom. The van der Waals surface area contributed by atoms with Crippen LogP contribution in [-0.2, 0) is 6.54 Å². The fourth-order valence-corrected chi connectivity index (χ4v) is 1.37. The highest BCUT2D eigenvalue weighted by Crippen LogP contribution is 2.05. The number of rotatable bonds is 3. The van der Waals surface area contributed by atoms with Crippen LogP contribution < -0.4 is 5.32 Å². The Balaban J connectivity index is 1.99. The summed E-state index contributed by atoms with van der Waals surface area (Å²) in [5.74, 6) is -0.138. The van der Waals surface area contributed by atoms with Gasteiger partial charge < -0.3 is 10.3 Å². The highest BCUT2D eigenvalue weighted by Gasteiger charge is 2.11. The number of carbonyl (C=O) groups excluding carboxylic acids is 1. The Labute approximate surface area is 92.0 Å². The molecular formula is C10H12N4O2. The van der Waals surface area contributed by atoms with Gasteiger partial charge in [-0.05, 0) is 19.9 Å². The van der Waals surface area contributed by atoms with Crippen molar-refractivity contribution in [3.8, 4) is 0 Å². The molecule has 0 bridgehead atoms. The molecular weight excluding hydrogens is 208 g/mol. The van der Waals surface area contributed by atoms with Crippen molar-refractivity contribution >= 4 is 5.91 Å². The van der Waals surface area contributed by atoms with E-state index in [4.69, 9.17) is 0 Å². The number of aryl methyl sites for hydroxylation is 2. The van der Waals surface area contributed by atoms with Crippen LogP contribution in [0.4, 0.5) is 0 Å². The molecule has 0 unspecified atom stereocenters. The first-order chi connectivity index (χ1) is 7.68. The first-order valence-electron chi connectivity index (χ1n) is 4.88. The van der Waals surface area contributed by atoms with Crippen LogP contribution in [0, 0.1) is 13.8 Å². The first kappa shape index (κ1) is 10.4. The fourth-order valence-electron chi connectivity index (χ4n) is 1.37. The Kier molecular flexibility index (Phi) is 2.72. The van der Waals surface area contributed by atoms with Crippen molar-refractivity contribution in [3.05, 3.63) is 34.9 Å². The minimum absolute atomic E-state index is 0.138. The van der Waals surface area contributed by atoms with E-state index in [1.807, 2.05) is 6.92 Å². The summed E-state index contributed by atoms with van der Waals surface area (Å²) in [5.41, 5.74) is 2.80. The molecule has 0 saturated heterocycles. The number of aromatic nitrogens is 3. The molecule has 2 aromatic rings. The lowest BCUT2D eigenvalue weighted by atomic mass is 10.2. The molecule has 84 valence electrons. The highest BCUT2D eigenvalue weighted by atomic mass is 16.6. The van der Waals surface area contributed by atoms with Gasteiger partial charge in [0.1, 0.15) is 11.4 Å². The number of nitrogens with one attached hydrogen (secondary N) is 2. The molecule has 0 fully saturated rings. The van der Waals surface area contributed by atoms with Gasteiger partial charge in [0.2, 0.25) is 0 Å². The molecule has 0 aliphatic carbocycles. The van der Waals surface area contributed by atoms with Gasteiger partial charge in [0, 0.05) is 11.9 Å². The normalized spacial score (nSPS) is 10.4. The number of nitrogens with zero attached hydrogens (tertiary/aromatic N) is 2. The lowest BCUT2D eigenvalue weighted by Gasteiger charge is -2.02. The Bertz CT molecular complexity index is 500. The summed E-state index contributed by atoms with van der Waals surface area (Å²) in [6, 6.07) is 1.73. The zero-order valence-corrected chi connectivity index (χ0v) is 9.07. The van der Waals surface area contributed by atoms with E-state index < -0.39 is 0 Å². The molecule has 2 rings (SSSR count). The van der Waals surface area contributed by atoms with E-state index in [0.717, 1.165) is 5.69 Å². The van der Waals surface area contributed by atoms with Crippen LogP contribution in [0.3, 0.4) is 0 Å². The second kappa shape index (κ2) is 4.18. The predicted octanol–water partition coefficient (Wildman–Crippen LogP) is 0.945. The van der Waals surface area contributed by atoms with E-state index in [1.165, 1.54) is 0 Å². The molecule has 6 nitrogen and oxygen atoms in total. The lowest BCUT2D eigenvalue weighted by molar-refractivity contribution is 0.0949. The summed E-state index contributed by atoms with van der Waals surface area (Å²) < 4.78 is 4.53. The molecule has 0 spiro atoms. The molecule has 1 amide bonds. The van der Waals surface area contributed by atoms with Gasteiger partial charge in [0.15, 0.2) is 0 Å². The second-order valence-corrected chi connectivity index (χ2v) is 3.50. The van der Waals surface area contributed by atoms with Crippen molar-refractivity contribution < 1.29 is 9.42 Å². The van der Waals surface area contributed by atoms with Gasteiger partial charge in [0.05, 0.1) is 12.1 Å². The van der Waals surface area contributed by atoms with Gasteiger partial charge in [-0.15, -0.1) is 0 Å². The first-order valence-corrected chi connectivity index (χ1v) is 4.88. The van der Waals surface area contributed by atoms with E-state index in [9.17, 15) is 4.79 Å². The molecule has 0 aromatic carbocycles. The Hall–Kier alpha value is -2.11. The molecule has 2 N–H and O–H groups in total. The summed E-state index contributed by atoms with van der Waals surface area (Å²) in [6.45, 7) is 3.94. The van der Waals surface area contributed by atoms with Crippen molar-refractivity contribution in [2.75, 3.05) is 0 Å². The van der Waals surface area contributed by atoms with Crippen LogP contribution in [-0.4, -0.2) is 21.2 Å². The van der Waals surface area contributed by atoms with Crippen molar-refractivity contribution in [2.24, 2.45) is 0 Å². The summed E-state index contributed by atoms with van der Waals surface area (Å²) in [7, 11) is 0. The van der Waals surface area contributed by atoms with Crippen LogP contribution in [0.1, 0.15) is 27.4 Å². The smallest absolute Gasteiger partial charge is 0.253 e. The Morgan fingerprint density at radius 1 is 1.50 bits per heavy atom. The van der Waals surface area contributed by atoms with Gasteiger partial charge in [-0.25, -0.2) is 4.63 Å². The number of carbonyl (C=O) groups is 1. The number of aromatic amines is 1. The van der Waals surface area contributed by atoms with Crippen molar-refractivity contribution in [1.82, 2.24) is 20.6 Å². The minimum atomic E-state index is -0.138. The molecule has 0 radical (unpaired) electrons. The molecule has 6 heteroatoms. The van der Waals surface area contributed by atoms with Gasteiger partial charge in [-0.2, -0.15) is 0 Å². The van der Waals surface area contributed by atoms with Crippen molar-refractivity contribution in [2.45, 2.75) is 20.4 Å². The quantitative estimate of drug-likeness (QED) is 0.806. The van der Waals surface area contributed by atoms with Crippen LogP contribution in [0.25, 0.3) is 0 Å². The highest BCUT2D eigenvalue weighted by molar-refractivity contribution is 5.95. The average molecular weight is 220 g/mol. The molecule has 0 aliphatic heterocycles. The molecule has 2 aromatic heterocycles. The summed E-state index contributed by atoms with van der Waals surface area (Å²) in [4.78, 5) is 14.7. The monoisotopic (exact) mass is 220 g/mol. The van der Waals surface area contributed by atoms with E-state index in [1.54, 1.807) is 19.2 Å². The molecule has 0 saturated carbocycles. The largest absolute Gasteiger partial charge is 0.365 e. The fraction of sp³-hybridized carbons (Fsp3) is 0.300. The zero-order valence-electron chi connectivity index (χ0n) is 9.07. The maximum atomic E-state index is 11.7. The van der Waals surface area contributed by atoms with E-state index in [-0.39, 0.29) is 5.91 Å². The second-order valence-electron chi connectivity index (χ2n) is 3.50. The maximum absolute atomic E-state index is 11.7. The minimum Gasteiger partial charge on any atom is -0.365 e. The molecule has 2 heterocycles. The summed E-state index contributed by atoms with van der Waals surface area (Å²) >= 11 is 0. The topological polar surface area (TPSA) is 83.8 Å². The van der Waals surface area contributed by atoms with Gasteiger partial charge in [-0.1, -0.05) is 10.3 Å². The SMILES string of the molecule is Cc1nonc1CNC(=O)c1cc[nH]c1C. The van der Waals surface area contributed by atoms with Gasteiger partial charge in [-0.3, -0.25) is 4.79 Å². The maximum Gasteiger partial charge on any atom is 0.253 e. The molecule has 0 aliphatic rings. The third kappa shape index (κ3) is 1.95. The van der Waals surface area contributed by atoms with Crippen molar-refractivity contribution in [1.29, 1.82) is 0 Å². The van der Waals surface area contributed by atoms with Crippen LogP contribution in [0.15, 0.2) is 16.9 Å². The predicted molar refractivity (Wildman–Crippen MR) is 55.7 cm³/mol. The average Bonchev–Trinajstić information content (AvgIpc) is 2.84. The van der Waals surface area contributed by atoms with Crippen LogP contribution >= 0.6 is 0 Å². The summed E-state index contributed by atoms with van der Waals surface area (Å²) in [5, 5.41) is 10.1. The zero-order chi connectivity index (χ0) is 11.5. The lowest BCUT2D eigenvalue weighted by Crippen LogP contribution is -2.23. The number of hydrogen-bond donors (Lipinski definition) is 2. The van der Waals surface area contributed by atoms with E-state index >= 15 is 0 Å². The number of H-pyrrole nitrogens is 1. The van der Waals surface area contributed by atoms with Crippen molar-refractivity contribution in [3.63, 3.8) is 0 Å². The van der Waals surface area contributed by atoms with Crippen LogP contribution in [0.5, 0.6) is 0 Å². The van der Waals surface area contributed by atoms with Gasteiger partial charge in [0.25, 0.3) is 5.91 Å². The number of hydrogen-bond acceptors (Lipinski definition) is 4. The molecule has 0 atom stereocenters. The van der Waals surface area contributed by atoms with E-state index in [0.29, 0.717) is 23.5 Å². The third-order valence-corrected chi connectivity index (χ3v) is 2.36. The molecule has 16 heavy (non-hydrogen) atoms. The summed E-state index contributed by atoms with van der Waals surface area (Å²) in [6.07, 6.45) is 1.73. The third-order valence-electron chi connectivity index (χ3n) is 2.36. The van der Waals surface area contributed by atoms with E-state index in [2.05, 4.69) is 25.2 Å². The Morgan fingerprint density at radius 2 is 2.31 bits per heavy atom. The number of amides is 1. The van der Waals surface area contributed by atoms with Gasteiger partial charge >= 0.3 is 0 Å².